The van der Waals surface area contributed by atoms with Gasteiger partial charge in [0.1, 0.15) is 12.6 Å². The highest BCUT2D eigenvalue weighted by Crippen LogP contribution is 2.14. The second-order valence-corrected chi connectivity index (χ2v) is 8.50. The van der Waals surface area contributed by atoms with Gasteiger partial charge in [-0.2, -0.15) is 0 Å². The van der Waals surface area contributed by atoms with Gasteiger partial charge in [-0.05, 0) is 19.3 Å². The average Bonchev–Trinajstić information content (AvgIpc) is 3.16. The predicted molar refractivity (Wildman–Crippen MR) is 121 cm³/mol. The maximum atomic E-state index is 11.7. The Morgan fingerprint density at radius 1 is 0.862 bits per heavy atom. The molecule has 1 rings (SSSR count). The van der Waals surface area contributed by atoms with Crippen molar-refractivity contribution in [3.63, 3.8) is 0 Å². The lowest BCUT2D eigenvalue weighted by atomic mass is 10.0. The van der Waals surface area contributed by atoms with Crippen LogP contribution in [0.25, 0.3) is 0 Å². The van der Waals surface area contributed by atoms with Gasteiger partial charge < -0.3 is 10.1 Å². The smallest absolute Gasteiger partial charge is 0.328 e. The van der Waals surface area contributed by atoms with Crippen molar-refractivity contribution in [2.45, 2.75) is 129 Å². The maximum Gasteiger partial charge on any atom is 0.328 e. The van der Waals surface area contributed by atoms with Crippen LogP contribution in [0.1, 0.15) is 122 Å². The summed E-state index contributed by atoms with van der Waals surface area (Å²) in [6.07, 6.45) is 26.8. The number of hydrogen-bond donors (Lipinski definition) is 1. The normalized spacial score (nSPS) is 16.4. The molecule has 4 heteroatoms. The van der Waals surface area contributed by atoms with E-state index in [0.29, 0.717) is 19.4 Å². The zero-order valence-corrected chi connectivity index (χ0v) is 18.9. The Kier molecular flexibility index (Phi) is 16.6. The number of nitrogens with one attached hydrogen (secondary N) is 1. The molecule has 0 aromatic carbocycles. The number of amides is 1. The summed E-state index contributed by atoms with van der Waals surface area (Å²) in [5, 5.41) is 2.63. The van der Waals surface area contributed by atoms with Crippen molar-refractivity contribution in [3.05, 3.63) is 12.2 Å². The minimum atomic E-state index is -0.438. The molecule has 0 saturated carbocycles. The van der Waals surface area contributed by atoms with Crippen LogP contribution in [-0.4, -0.2) is 24.5 Å². The van der Waals surface area contributed by atoms with Gasteiger partial charge in [0.15, 0.2) is 0 Å². The molecule has 1 heterocycles. The zero-order valence-electron chi connectivity index (χ0n) is 18.9. The molecule has 0 radical (unpaired) electrons. The molecular weight excluding hydrogens is 362 g/mol. The fourth-order valence-electron chi connectivity index (χ4n) is 3.84. The molecule has 1 aliphatic heterocycles. The van der Waals surface area contributed by atoms with Crippen LogP contribution in [0.3, 0.4) is 0 Å². The van der Waals surface area contributed by atoms with E-state index in [-0.39, 0.29) is 11.9 Å². The second kappa shape index (κ2) is 18.7. The van der Waals surface area contributed by atoms with E-state index in [1.54, 1.807) is 0 Å². The van der Waals surface area contributed by atoms with Crippen LogP contribution < -0.4 is 5.32 Å². The van der Waals surface area contributed by atoms with Crippen molar-refractivity contribution in [2.24, 2.45) is 0 Å². The Bertz CT molecular complexity index is 447. The standard InChI is InChI=1S/C25H45NO3/c1-2-3-4-5-6-7-8-9-10-11-12-13-14-15-16-17-18-19-22-29-25(28)23-20-21-24(27)26-23/h18-19,23H,2-17,20-22H2,1H3,(H,26,27)/b19-18+/t23-/m0/s1. The van der Waals surface area contributed by atoms with Crippen molar-refractivity contribution in [1.29, 1.82) is 0 Å². The van der Waals surface area contributed by atoms with Gasteiger partial charge in [0, 0.05) is 6.42 Å². The van der Waals surface area contributed by atoms with Gasteiger partial charge in [-0.15, -0.1) is 0 Å². The van der Waals surface area contributed by atoms with E-state index in [1.165, 1.54) is 96.3 Å². The Morgan fingerprint density at radius 3 is 1.86 bits per heavy atom. The summed E-state index contributed by atoms with van der Waals surface area (Å²) in [7, 11) is 0. The largest absolute Gasteiger partial charge is 0.460 e. The van der Waals surface area contributed by atoms with E-state index in [4.69, 9.17) is 4.74 Å². The number of carbonyl (C=O) groups excluding carboxylic acids is 2. The van der Waals surface area contributed by atoms with E-state index in [2.05, 4.69) is 18.3 Å². The van der Waals surface area contributed by atoms with Gasteiger partial charge >= 0.3 is 5.97 Å². The Labute approximate surface area is 179 Å². The first-order chi connectivity index (χ1) is 14.2. The average molecular weight is 408 g/mol. The fraction of sp³-hybridized carbons (Fsp3) is 0.840. The summed E-state index contributed by atoms with van der Waals surface area (Å²) in [6.45, 7) is 2.59. The quantitative estimate of drug-likeness (QED) is 0.149. The summed E-state index contributed by atoms with van der Waals surface area (Å²) in [4.78, 5) is 22.8. The van der Waals surface area contributed by atoms with Gasteiger partial charge in [0.05, 0.1) is 0 Å². The number of unbranched alkanes of at least 4 members (excludes halogenated alkanes) is 15. The molecule has 1 atom stereocenters. The molecule has 1 saturated heterocycles. The molecule has 1 amide bonds. The van der Waals surface area contributed by atoms with Gasteiger partial charge in [0.25, 0.3) is 0 Å². The molecule has 0 aromatic heterocycles. The molecule has 1 N–H and O–H groups in total. The lowest BCUT2D eigenvalue weighted by Gasteiger charge is -2.08. The van der Waals surface area contributed by atoms with E-state index < -0.39 is 6.04 Å². The summed E-state index contributed by atoms with van der Waals surface area (Å²) >= 11 is 0. The maximum absolute atomic E-state index is 11.7. The van der Waals surface area contributed by atoms with Gasteiger partial charge in [-0.25, -0.2) is 4.79 Å². The molecule has 0 aliphatic carbocycles. The van der Waals surface area contributed by atoms with E-state index in [0.717, 1.165) is 6.42 Å². The number of ether oxygens (including phenoxy) is 1. The highest BCUT2D eigenvalue weighted by atomic mass is 16.5. The number of allylic oxidation sites excluding steroid dienone is 1. The minimum Gasteiger partial charge on any atom is -0.460 e. The number of hydrogen-bond acceptors (Lipinski definition) is 3. The number of carbonyl (C=O) groups is 2. The van der Waals surface area contributed by atoms with Crippen molar-refractivity contribution in [3.8, 4) is 0 Å². The monoisotopic (exact) mass is 407 g/mol. The molecule has 1 fully saturated rings. The van der Waals surface area contributed by atoms with Crippen LogP contribution in [0.5, 0.6) is 0 Å². The fourth-order valence-corrected chi connectivity index (χ4v) is 3.84. The number of rotatable bonds is 19. The molecule has 4 nitrogen and oxygen atoms in total. The summed E-state index contributed by atoms with van der Waals surface area (Å²) in [6, 6.07) is -0.438. The van der Waals surface area contributed by atoms with E-state index >= 15 is 0 Å². The molecule has 0 unspecified atom stereocenters. The number of esters is 1. The Morgan fingerprint density at radius 2 is 1.38 bits per heavy atom. The predicted octanol–water partition coefficient (Wildman–Crippen LogP) is 6.63. The summed E-state index contributed by atoms with van der Waals surface area (Å²) < 4.78 is 5.16. The van der Waals surface area contributed by atoms with Gasteiger partial charge in [0.2, 0.25) is 5.91 Å². The van der Waals surface area contributed by atoms with Crippen LogP contribution in [0.2, 0.25) is 0 Å². The molecule has 168 valence electrons. The first kappa shape index (κ1) is 25.7. The Hall–Kier alpha value is -1.32. The van der Waals surface area contributed by atoms with Gasteiger partial charge in [-0.3, -0.25) is 4.79 Å². The summed E-state index contributed by atoms with van der Waals surface area (Å²) in [5.41, 5.74) is 0. The third-order valence-corrected chi connectivity index (χ3v) is 5.74. The first-order valence-electron chi connectivity index (χ1n) is 12.3. The lowest BCUT2D eigenvalue weighted by Crippen LogP contribution is -2.34. The molecule has 29 heavy (non-hydrogen) atoms. The molecular formula is C25H45NO3. The lowest BCUT2D eigenvalue weighted by molar-refractivity contribution is -0.145. The minimum absolute atomic E-state index is 0.0596. The highest BCUT2D eigenvalue weighted by molar-refractivity contribution is 5.88. The van der Waals surface area contributed by atoms with Gasteiger partial charge in [-0.1, -0.05) is 109 Å². The van der Waals surface area contributed by atoms with Crippen LogP contribution in [-0.2, 0) is 14.3 Å². The second-order valence-electron chi connectivity index (χ2n) is 8.50. The molecule has 1 aliphatic rings. The first-order valence-corrected chi connectivity index (χ1v) is 12.3. The Balaban J connectivity index is 1.75. The van der Waals surface area contributed by atoms with Crippen LogP contribution in [0.15, 0.2) is 12.2 Å². The highest BCUT2D eigenvalue weighted by Gasteiger charge is 2.28. The molecule has 0 aromatic rings. The SMILES string of the molecule is CCCCCCCCCCCCCCCCC/C=C/COC(=O)[C@@H]1CCC(=O)N1. The third kappa shape index (κ3) is 15.2. The van der Waals surface area contributed by atoms with E-state index in [9.17, 15) is 9.59 Å². The zero-order chi connectivity index (χ0) is 21.0. The van der Waals surface area contributed by atoms with Crippen LogP contribution in [0.4, 0.5) is 0 Å². The third-order valence-electron chi connectivity index (χ3n) is 5.74. The van der Waals surface area contributed by atoms with E-state index in [1.807, 2.05) is 6.08 Å². The molecule has 0 spiro atoms. The van der Waals surface area contributed by atoms with Crippen LogP contribution in [0, 0.1) is 0 Å². The van der Waals surface area contributed by atoms with Crippen molar-refractivity contribution in [1.82, 2.24) is 5.32 Å². The van der Waals surface area contributed by atoms with Crippen molar-refractivity contribution < 1.29 is 14.3 Å². The molecule has 0 bridgehead atoms. The van der Waals surface area contributed by atoms with Crippen molar-refractivity contribution in [2.75, 3.05) is 6.61 Å². The van der Waals surface area contributed by atoms with Crippen LogP contribution >= 0.6 is 0 Å². The summed E-state index contributed by atoms with van der Waals surface area (Å²) in [5.74, 6) is -0.372. The topological polar surface area (TPSA) is 55.4 Å². The van der Waals surface area contributed by atoms with Crippen molar-refractivity contribution >= 4 is 11.9 Å².